The fraction of sp³-hybridized carbons (Fsp3) is 0.263. The molecule has 0 aliphatic carbocycles. The van der Waals surface area contributed by atoms with E-state index in [-0.39, 0.29) is 17.1 Å². The van der Waals surface area contributed by atoms with E-state index in [0.717, 1.165) is 0 Å². The number of carbonyl (C=O) groups excluding carboxylic acids is 1. The highest BCUT2D eigenvalue weighted by molar-refractivity contribution is 8.00. The molecule has 2 unspecified atom stereocenters. The van der Waals surface area contributed by atoms with E-state index in [1.54, 1.807) is 18.2 Å². The van der Waals surface area contributed by atoms with Gasteiger partial charge in [-0.15, -0.1) is 0 Å². The molecule has 1 heterocycles. The molecule has 0 fully saturated rings. The average molecular weight is 375 g/mol. The number of amides is 1. The van der Waals surface area contributed by atoms with Gasteiger partial charge in [0.1, 0.15) is 5.52 Å². The summed E-state index contributed by atoms with van der Waals surface area (Å²) < 4.78 is 5.65. The molecule has 0 spiro atoms. The zero-order valence-corrected chi connectivity index (χ0v) is 15.6. The highest BCUT2D eigenvalue weighted by atomic mass is 35.5. The smallest absolute Gasteiger partial charge is 0.257 e. The Hall–Kier alpha value is -1.98. The van der Waals surface area contributed by atoms with Gasteiger partial charge in [-0.05, 0) is 36.6 Å². The van der Waals surface area contributed by atoms with Gasteiger partial charge in [0.25, 0.3) is 5.22 Å². The first kappa shape index (κ1) is 17.8. The maximum atomic E-state index is 12.3. The lowest BCUT2D eigenvalue weighted by molar-refractivity contribution is -0.120. The number of carbonyl (C=O) groups is 1. The zero-order chi connectivity index (χ0) is 17.8. The van der Waals surface area contributed by atoms with E-state index in [9.17, 15) is 4.79 Å². The largest absolute Gasteiger partial charge is 0.431 e. The van der Waals surface area contributed by atoms with Crippen molar-refractivity contribution in [2.45, 2.75) is 30.2 Å². The van der Waals surface area contributed by atoms with Crippen molar-refractivity contribution in [3.63, 3.8) is 0 Å². The molecular weight excluding hydrogens is 356 g/mol. The van der Waals surface area contributed by atoms with Gasteiger partial charge in [0.2, 0.25) is 5.91 Å². The third-order valence-corrected chi connectivity index (χ3v) is 5.11. The van der Waals surface area contributed by atoms with Gasteiger partial charge in [-0.2, -0.15) is 0 Å². The van der Waals surface area contributed by atoms with E-state index in [1.165, 1.54) is 17.3 Å². The number of nitrogens with one attached hydrogen (secondary N) is 1. The first-order chi connectivity index (χ1) is 12.0. The molecule has 1 N–H and O–H groups in total. The van der Waals surface area contributed by atoms with Crippen LogP contribution < -0.4 is 5.32 Å². The van der Waals surface area contributed by atoms with Crippen LogP contribution in [0.5, 0.6) is 0 Å². The molecule has 3 rings (SSSR count). The first-order valence-corrected chi connectivity index (χ1v) is 9.34. The summed E-state index contributed by atoms with van der Waals surface area (Å²) in [6.07, 6.45) is 0. The van der Waals surface area contributed by atoms with Crippen molar-refractivity contribution >= 4 is 40.4 Å². The van der Waals surface area contributed by atoms with Crippen molar-refractivity contribution in [2.75, 3.05) is 6.54 Å². The Morgan fingerprint density at radius 3 is 2.76 bits per heavy atom. The Morgan fingerprint density at radius 1 is 1.24 bits per heavy atom. The number of oxazole rings is 1. The monoisotopic (exact) mass is 374 g/mol. The lowest BCUT2D eigenvalue weighted by atomic mass is 10.0. The van der Waals surface area contributed by atoms with Crippen molar-refractivity contribution in [3.8, 4) is 0 Å². The molecule has 0 aliphatic rings. The van der Waals surface area contributed by atoms with E-state index < -0.39 is 0 Å². The molecule has 2 aromatic carbocycles. The minimum Gasteiger partial charge on any atom is -0.431 e. The summed E-state index contributed by atoms with van der Waals surface area (Å²) in [5.41, 5.74) is 2.57. The molecule has 0 saturated heterocycles. The van der Waals surface area contributed by atoms with E-state index in [1.807, 2.05) is 25.1 Å². The van der Waals surface area contributed by atoms with Gasteiger partial charge in [-0.25, -0.2) is 4.98 Å². The molecule has 130 valence electrons. The molecule has 1 amide bonds. The predicted molar refractivity (Wildman–Crippen MR) is 102 cm³/mol. The van der Waals surface area contributed by atoms with Crippen LogP contribution in [0.4, 0.5) is 0 Å². The second-order valence-corrected chi connectivity index (χ2v) is 7.64. The van der Waals surface area contributed by atoms with Gasteiger partial charge in [0.05, 0.1) is 5.25 Å². The highest BCUT2D eigenvalue weighted by Crippen LogP contribution is 2.28. The summed E-state index contributed by atoms with van der Waals surface area (Å²) in [6, 6.07) is 15.4. The Morgan fingerprint density at radius 2 is 2.00 bits per heavy atom. The number of benzene rings is 2. The van der Waals surface area contributed by atoms with Crippen molar-refractivity contribution in [1.82, 2.24) is 10.3 Å². The molecule has 0 bridgehead atoms. The number of aromatic nitrogens is 1. The SMILES string of the molecule is CC(Sc1nc2cc(Cl)ccc2o1)C(=O)NCC(C)c1ccccc1. The van der Waals surface area contributed by atoms with Crippen LogP contribution in [0.2, 0.25) is 5.02 Å². The molecule has 4 nitrogen and oxygen atoms in total. The third-order valence-electron chi connectivity index (χ3n) is 3.93. The molecule has 0 aliphatic heterocycles. The number of hydrogen-bond donors (Lipinski definition) is 1. The van der Waals surface area contributed by atoms with Crippen LogP contribution in [-0.2, 0) is 4.79 Å². The number of fused-ring (bicyclic) bond motifs is 1. The highest BCUT2D eigenvalue weighted by Gasteiger charge is 2.18. The van der Waals surface area contributed by atoms with E-state index >= 15 is 0 Å². The number of hydrogen-bond acceptors (Lipinski definition) is 4. The molecule has 0 radical (unpaired) electrons. The number of thioether (sulfide) groups is 1. The van der Waals surface area contributed by atoms with Crippen molar-refractivity contribution in [1.29, 1.82) is 0 Å². The molecule has 0 saturated carbocycles. The third kappa shape index (κ3) is 4.55. The second kappa shape index (κ2) is 7.93. The van der Waals surface area contributed by atoms with Gasteiger partial charge in [-0.1, -0.05) is 60.6 Å². The van der Waals surface area contributed by atoms with Crippen LogP contribution in [0.3, 0.4) is 0 Å². The summed E-state index contributed by atoms with van der Waals surface area (Å²) in [5.74, 6) is 0.224. The quantitative estimate of drug-likeness (QED) is 0.624. The zero-order valence-electron chi connectivity index (χ0n) is 14.0. The number of nitrogens with zero attached hydrogens (tertiary/aromatic N) is 1. The minimum atomic E-state index is -0.300. The summed E-state index contributed by atoms with van der Waals surface area (Å²) in [5, 5.41) is 3.77. The Balaban J connectivity index is 1.56. The maximum Gasteiger partial charge on any atom is 0.257 e. The summed E-state index contributed by atoms with van der Waals surface area (Å²) in [7, 11) is 0. The van der Waals surface area contributed by atoms with Crippen LogP contribution in [-0.4, -0.2) is 22.7 Å². The molecule has 25 heavy (non-hydrogen) atoms. The van der Waals surface area contributed by atoms with E-state index in [4.69, 9.17) is 16.0 Å². The average Bonchev–Trinajstić information content (AvgIpc) is 3.01. The summed E-state index contributed by atoms with van der Waals surface area (Å²) in [6.45, 7) is 4.53. The van der Waals surface area contributed by atoms with Gasteiger partial charge in [0, 0.05) is 11.6 Å². The minimum absolute atomic E-state index is 0.0342. The molecule has 1 aromatic heterocycles. The maximum absolute atomic E-state index is 12.3. The topological polar surface area (TPSA) is 55.1 Å². The summed E-state index contributed by atoms with van der Waals surface area (Å²) >= 11 is 7.25. The lowest BCUT2D eigenvalue weighted by Crippen LogP contribution is -2.33. The van der Waals surface area contributed by atoms with Crippen LogP contribution in [0.25, 0.3) is 11.1 Å². The van der Waals surface area contributed by atoms with Gasteiger partial charge in [0.15, 0.2) is 5.58 Å². The van der Waals surface area contributed by atoms with Crippen molar-refractivity contribution in [2.24, 2.45) is 0 Å². The van der Waals surface area contributed by atoms with Crippen LogP contribution in [0.15, 0.2) is 58.2 Å². The molecule has 3 aromatic rings. The van der Waals surface area contributed by atoms with Crippen molar-refractivity contribution in [3.05, 3.63) is 59.1 Å². The Kier molecular flexibility index (Phi) is 5.66. The fourth-order valence-corrected chi connectivity index (χ4v) is 3.38. The van der Waals surface area contributed by atoms with E-state index in [0.29, 0.717) is 27.9 Å². The fourth-order valence-electron chi connectivity index (χ4n) is 2.43. The Bertz CT molecular complexity index is 866. The van der Waals surface area contributed by atoms with Crippen LogP contribution in [0, 0.1) is 0 Å². The molecule has 2 atom stereocenters. The predicted octanol–water partition coefficient (Wildman–Crippen LogP) is 4.88. The van der Waals surface area contributed by atoms with Gasteiger partial charge < -0.3 is 9.73 Å². The Labute approximate surface area is 156 Å². The van der Waals surface area contributed by atoms with Gasteiger partial charge >= 0.3 is 0 Å². The van der Waals surface area contributed by atoms with Crippen LogP contribution >= 0.6 is 23.4 Å². The normalized spacial score (nSPS) is 13.6. The van der Waals surface area contributed by atoms with Crippen LogP contribution in [0.1, 0.15) is 25.3 Å². The first-order valence-electron chi connectivity index (χ1n) is 8.08. The standard InChI is InChI=1S/C19H19ClN2O2S/c1-12(14-6-4-3-5-7-14)11-21-18(23)13(2)25-19-22-16-10-15(20)8-9-17(16)24-19/h3-10,12-13H,11H2,1-2H3,(H,21,23). The molecular formula is C19H19ClN2O2S. The van der Waals surface area contributed by atoms with E-state index in [2.05, 4.69) is 29.4 Å². The van der Waals surface area contributed by atoms with Crippen molar-refractivity contribution < 1.29 is 9.21 Å². The second-order valence-electron chi connectivity index (χ2n) is 5.91. The summed E-state index contributed by atoms with van der Waals surface area (Å²) in [4.78, 5) is 16.7. The lowest BCUT2D eigenvalue weighted by Gasteiger charge is -2.15. The molecule has 6 heteroatoms. The van der Waals surface area contributed by atoms with Gasteiger partial charge in [-0.3, -0.25) is 4.79 Å². The number of rotatable bonds is 6. The number of halogens is 1.